The summed E-state index contributed by atoms with van der Waals surface area (Å²) in [6.45, 7) is 5.23. The van der Waals surface area contributed by atoms with Gasteiger partial charge in [0.25, 0.3) is 0 Å². The van der Waals surface area contributed by atoms with Crippen LogP contribution < -0.4 is 5.32 Å². The van der Waals surface area contributed by atoms with Crippen LogP contribution in [-0.4, -0.2) is 17.7 Å². The van der Waals surface area contributed by atoms with Gasteiger partial charge in [-0.05, 0) is 31.0 Å². The molecule has 0 saturated heterocycles. The molecule has 5 heteroatoms. The van der Waals surface area contributed by atoms with E-state index in [2.05, 4.69) is 5.32 Å². The molecule has 1 rings (SSSR count). The van der Waals surface area contributed by atoms with Crippen molar-refractivity contribution in [1.82, 2.24) is 5.32 Å². The minimum atomic E-state index is -0.560. The standard InChI is InChI=1S/C15H19Cl2NO2/c1-4-9(2)15(20)18-14(10(3)19)7-11-5-6-12(16)8-13(11)17/h5-6,8-9,14H,4,7H2,1-3H3,(H,18,20)/t9-,14+/m0/s1. The van der Waals surface area contributed by atoms with Crippen LogP contribution in [0, 0.1) is 5.92 Å². The number of Topliss-reactive ketones (excluding diaryl/α,β-unsaturated/α-hetero) is 1. The second kappa shape index (κ2) is 7.65. The summed E-state index contributed by atoms with van der Waals surface area (Å²) in [6.07, 6.45) is 1.10. The van der Waals surface area contributed by atoms with Gasteiger partial charge < -0.3 is 5.32 Å². The Labute approximate surface area is 129 Å². The van der Waals surface area contributed by atoms with E-state index >= 15 is 0 Å². The molecule has 2 atom stereocenters. The number of ketones is 1. The van der Waals surface area contributed by atoms with Gasteiger partial charge in [-0.25, -0.2) is 0 Å². The first-order valence-corrected chi connectivity index (χ1v) is 7.35. The maximum atomic E-state index is 11.9. The van der Waals surface area contributed by atoms with Crippen molar-refractivity contribution in [1.29, 1.82) is 0 Å². The van der Waals surface area contributed by atoms with E-state index in [-0.39, 0.29) is 17.6 Å². The summed E-state index contributed by atoms with van der Waals surface area (Å²) in [5.41, 5.74) is 0.792. The molecular formula is C15H19Cl2NO2. The van der Waals surface area contributed by atoms with Crippen molar-refractivity contribution in [3.63, 3.8) is 0 Å². The van der Waals surface area contributed by atoms with Crippen LogP contribution in [0.3, 0.4) is 0 Å². The van der Waals surface area contributed by atoms with Gasteiger partial charge in [-0.2, -0.15) is 0 Å². The fourth-order valence-electron chi connectivity index (χ4n) is 1.70. The van der Waals surface area contributed by atoms with Crippen LogP contribution in [0.2, 0.25) is 10.0 Å². The molecule has 1 amide bonds. The average molecular weight is 316 g/mol. The summed E-state index contributed by atoms with van der Waals surface area (Å²) in [6, 6.07) is 4.56. The van der Waals surface area contributed by atoms with E-state index in [4.69, 9.17) is 23.2 Å². The minimum absolute atomic E-state index is 0.0901. The van der Waals surface area contributed by atoms with E-state index in [9.17, 15) is 9.59 Å². The van der Waals surface area contributed by atoms with Gasteiger partial charge in [-0.1, -0.05) is 43.1 Å². The maximum absolute atomic E-state index is 11.9. The zero-order valence-corrected chi connectivity index (χ0v) is 13.4. The number of carbonyl (C=O) groups is 2. The lowest BCUT2D eigenvalue weighted by molar-refractivity contribution is -0.129. The molecule has 0 saturated carbocycles. The molecular weight excluding hydrogens is 297 g/mol. The third-order valence-corrected chi connectivity index (χ3v) is 3.89. The van der Waals surface area contributed by atoms with E-state index in [0.29, 0.717) is 16.5 Å². The first-order chi connectivity index (χ1) is 9.35. The third-order valence-electron chi connectivity index (χ3n) is 3.31. The van der Waals surface area contributed by atoms with Gasteiger partial charge in [0.1, 0.15) is 0 Å². The van der Waals surface area contributed by atoms with E-state index in [0.717, 1.165) is 12.0 Å². The first-order valence-electron chi connectivity index (χ1n) is 6.59. The van der Waals surface area contributed by atoms with E-state index in [1.54, 1.807) is 18.2 Å². The molecule has 20 heavy (non-hydrogen) atoms. The van der Waals surface area contributed by atoms with Crippen molar-refractivity contribution in [2.45, 2.75) is 39.7 Å². The molecule has 0 bridgehead atoms. The fourth-order valence-corrected chi connectivity index (χ4v) is 2.19. The smallest absolute Gasteiger partial charge is 0.223 e. The highest BCUT2D eigenvalue weighted by molar-refractivity contribution is 6.35. The number of rotatable bonds is 6. The van der Waals surface area contributed by atoms with Crippen molar-refractivity contribution < 1.29 is 9.59 Å². The van der Waals surface area contributed by atoms with Crippen LogP contribution in [0.4, 0.5) is 0 Å². The van der Waals surface area contributed by atoms with Crippen LogP contribution in [0.15, 0.2) is 18.2 Å². The van der Waals surface area contributed by atoms with Gasteiger partial charge in [0, 0.05) is 22.4 Å². The zero-order chi connectivity index (χ0) is 15.3. The number of hydrogen-bond donors (Lipinski definition) is 1. The Morgan fingerprint density at radius 1 is 1.30 bits per heavy atom. The predicted molar refractivity (Wildman–Crippen MR) is 82.2 cm³/mol. The number of nitrogens with one attached hydrogen (secondary N) is 1. The molecule has 1 N–H and O–H groups in total. The number of amides is 1. The highest BCUT2D eigenvalue weighted by atomic mass is 35.5. The second-order valence-corrected chi connectivity index (χ2v) is 5.76. The monoisotopic (exact) mass is 315 g/mol. The predicted octanol–water partition coefficient (Wildman–Crippen LogP) is 3.66. The van der Waals surface area contributed by atoms with Gasteiger partial charge in [-0.15, -0.1) is 0 Å². The van der Waals surface area contributed by atoms with Crippen LogP contribution in [0.5, 0.6) is 0 Å². The van der Waals surface area contributed by atoms with E-state index in [1.807, 2.05) is 13.8 Å². The summed E-state index contributed by atoms with van der Waals surface area (Å²) in [5, 5.41) is 3.82. The Kier molecular flexibility index (Phi) is 6.50. The molecule has 0 fully saturated rings. The highest BCUT2D eigenvalue weighted by Crippen LogP contribution is 2.22. The normalized spacial score (nSPS) is 13.7. The second-order valence-electron chi connectivity index (χ2n) is 4.92. The lowest BCUT2D eigenvalue weighted by Gasteiger charge is -2.19. The van der Waals surface area contributed by atoms with Gasteiger partial charge >= 0.3 is 0 Å². The summed E-state index contributed by atoms with van der Waals surface area (Å²) < 4.78 is 0. The van der Waals surface area contributed by atoms with Gasteiger partial charge in [-0.3, -0.25) is 9.59 Å². The molecule has 0 heterocycles. The van der Waals surface area contributed by atoms with Crippen molar-refractivity contribution in [2.24, 2.45) is 5.92 Å². The van der Waals surface area contributed by atoms with Crippen LogP contribution in [0.25, 0.3) is 0 Å². The third kappa shape index (κ3) is 4.80. The summed E-state index contributed by atoms with van der Waals surface area (Å²) in [4.78, 5) is 23.6. The fraction of sp³-hybridized carbons (Fsp3) is 0.467. The van der Waals surface area contributed by atoms with E-state index < -0.39 is 6.04 Å². The first kappa shape index (κ1) is 17.0. The van der Waals surface area contributed by atoms with Crippen molar-refractivity contribution >= 4 is 34.9 Å². The average Bonchev–Trinajstić information content (AvgIpc) is 2.39. The van der Waals surface area contributed by atoms with Crippen molar-refractivity contribution in [3.8, 4) is 0 Å². The number of hydrogen-bond acceptors (Lipinski definition) is 2. The molecule has 3 nitrogen and oxygen atoms in total. The maximum Gasteiger partial charge on any atom is 0.223 e. The van der Waals surface area contributed by atoms with Gasteiger partial charge in [0.15, 0.2) is 5.78 Å². The van der Waals surface area contributed by atoms with Crippen molar-refractivity contribution in [2.75, 3.05) is 0 Å². The Morgan fingerprint density at radius 3 is 2.45 bits per heavy atom. The van der Waals surface area contributed by atoms with Gasteiger partial charge in [0.2, 0.25) is 5.91 Å². The number of carbonyl (C=O) groups excluding carboxylic acids is 2. The molecule has 0 unspecified atom stereocenters. The minimum Gasteiger partial charge on any atom is -0.346 e. The Balaban J connectivity index is 2.82. The summed E-state index contributed by atoms with van der Waals surface area (Å²) in [5.74, 6) is -0.317. The molecule has 0 spiro atoms. The SMILES string of the molecule is CC[C@H](C)C(=O)N[C@H](Cc1ccc(Cl)cc1Cl)C(C)=O. The number of benzene rings is 1. The van der Waals surface area contributed by atoms with Gasteiger partial charge in [0.05, 0.1) is 6.04 Å². The molecule has 110 valence electrons. The Morgan fingerprint density at radius 2 is 1.95 bits per heavy atom. The number of halogens is 2. The Bertz CT molecular complexity index is 503. The highest BCUT2D eigenvalue weighted by Gasteiger charge is 2.21. The molecule has 1 aromatic rings. The molecule has 0 aromatic heterocycles. The lowest BCUT2D eigenvalue weighted by Crippen LogP contribution is -2.43. The molecule has 0 radical (unpaired) electrons. The quantitative estimate of drug-likeness (QED) is 0.870. The Hall–Kier alpha value is -1.06. The summed E-state index contributed by atoms with van der Waals surface area (Å²) >= 11 is 11.9. The molecule has 1 aromatic carbocycles. The zero-order valence-electron chi connectivity index (χ0n) is 11.9. The summed E-state index contributed by atoms with van der Waals surface area (Å²) in [7, 11) is 0. The topological polar surface area (TPSA) is 46.2 Å². The van der Waals surface area contributed by atoms with Crippen LogP contribution >= 0.6 is 23.2 Å². The van der Waals surface area contributed by atoms with Crippen molar-refractivity contribution in [3.05, 3.63) is 33.8 Å². The lowest BCUT2D eigenvalue weighted by atomic mass is 10.0. The largest absolute Gasteiger partial charge is 0.346 e. The molecule has 0 aliphatic heterocycles. The van der Waals surface area contributed by atoms with Crippen LogP contribution in [-0.2, 0) is 16.0 Å². The van der Waals surface area contributed by atoms with E-state index in [1.165, 1.54) is 6.92 Å². The van der Waals surface area contributed by atoms with Crippen LogP contribution in [0.1, 0.15) is 32.8 Å². The molecule has 0 aliphatic rings. The molecule has 0 aliphatic carbocycles.